The molecule has 3 rings (SSSR count). The molecule has 0 aromatic heterocycles. The number of aliphatic carboxylic acids is 1. The van der Waals surface area contributed by atoms with E-state index in [0.29, 0.717) is 6.20 Å². The summed E-state index contributed by atoms with van der Waals surface area (Å²) < 4.78 is 60.1. The highest BCUT2D eigenvalue weighted by atomic mass is 19.2. The summed E-state index contributed by atoms with van der Waals surface area (Å²) in [5.74, 6) is -9.20. The molecule has 0 spiro atoms. The molecule has 184 valence electrons. The zero-order valence-electron chi connectivity index (χ0n) is 17.9. The normalized spacial score (nSPS) is 15.6. The fraction of sp³-hybridized carbons (Fsp3) is 0.182. The van der Waals surface area contributed by atoms with E-state index in [1.807, 2.05) is 0 Å². The van der Waals surface area contributed by atoms with E-state index in [1.165, 1.54) is 13.0 Å². The van der Waals surface area contributed by atoms with Gasteiger partial charge in [-0.05, 0) is 24.3 Å². The monoisotopic (exact) mass is 495 g/mol. The molecule has 1 heterocycles. The number of carbonyl (C=O) groups excluding carboxylic acids is 3. The summed E-state index contributed by atoms with van der Waals surface area (Å²) in [6.07, 6.45) is -0.861. The second-order valence-electron chi connectivity index (χ2n) is 7.30. The number of carboxylic acids is 1. The van der Waals surface area contributed by atoms with Gasteiger partial charge >= 0.3 is 12.1 Å². The summed E-state index contributed by atoms with van der Waals surface area (Å²) in [5.41, 5.74) is -2.32. The quantitative estimate of drug-likeness (QED) is 0.128. The van der Waals surface area contributed by atoms with Crippen LogP contribution in [0.4, 0.5) is 33.7 Å². The van der Waals surface area contributed by atoms with Gasteiger partial charge in [0.25, 0.3) is 0 Å². The summed E-state index contributed by atoms with van der Waals surface area (Å²) in [6.45, 7) is 1.39. The lowest BCUT2D eigenvalue weighted by Crippen LogP contribution is -2.33. The number of carbonyl (C=O) groups is 4. The van der Waals surface area contributed by atoms with Crippen molar-refractivity contribution in [1.29, 1.82) is 0 Å². The number of rotatable bonds is 8. The van der Waals surface area contributed by atoms with Gasteiger partial charge in [0, 0.05) is 19.2 Å². The van der Waals surface area contributed by atoms with E-state index >= 15 is 0 Å². The van der Waals surface area contributed by atoms with Crippen molar-refractivity contribution in [3.8, 4) is 0 Å². The van der Waals surface area contributed by atoms with Crippen LogP contribution in [0, 0.1) is 23.3 Å². The van der Waals surface area contributed by atoms with Gasteiger partial charge in [-0.3, -0.25) is 14.5 Å². The van der Waals surface area contributed by atoms with E-state index in [4.69, 9.17) is 4.74 Å². The lowest BCUT2D eigenvalue weighted by Gasteiger charge is -2.14. The standard InChI is InChI=1S/C22H17F4N3O6/c1-10(30)27-7-12-9-29(22(34)35-12)11-2-3-19(18(26)4-11)28-8-14(21(32)33)20(31)13-5-16(24)17(25)6-15(13)23/h2-6,8,12,28H,7,9H2,1H3,(H,27,30)(H,32,33). The third-order valence-electron chi connectivity index (χ3n) is 4.82. The number of nitrogens with zero attached hydrogens (tertiary/aromatic N) is 1. The van der Waals surface area contributed by atoms with E-state index in [9.17, 15) is 41.8 Å². The Morgan fingerprint density at radius 1 is 1.09 bits per heavy atom. The maximum absolute atomic E-state index is 14.6. The average Bonchev–Trinajstić information content (AvgIpc) is 3.16. The largest absolute Gasteiger partial charge is 0.477 e. The molecule has 1 aliphatic heterocycles. The maximum atomic E-state index is 14.6. The van der Waals surface area contributed by atoms with Gasteiger partial charge in [0.2, 0.25) is 11.7 Å². The molecular formula is C22H17F4N3O6. The minimum Gasteiger partial charge on any atom is -0.477 e. The molecule has 1 atom stereocenters. The minimum atomic E-state index is -1.84. The number of cyclic esters (lactones) is 1. The van der Waals surface area contributed by atoms with Gasteiger partial charge in [0.05, 0.1) is 30.0 Å². The highest BCUT2D eigenvalue weighted by Crippen LogP contribution is 2.26. The predicted octanol–water partition coefficient (Wildman–Crippen LogP) is 2.97. The number of hydrogen-bond donors (Lipinski definition) is 3. The third kappa shape index (κ3) is 5.75. The summed E-state index contributed by atoms with van der Waals surface area (Å²) in [6, 6.07) is 3.69. The molecule has 1 unspecified atom stereocenters. The number of nitrogens with one attached hydrogen (secondary N) is 2. The van der Waals surface area contributed by atoms with Crippen LogP contribution >= 0.6 is 0 Å². The van der Waals surface area contributed by atoms with E-state index in [1.54, 1.807) is 0 Å². The van der Waals surface area contributed by atoms with Crippen LogP contribution < -0.4 is 15.5 Å². The number of hydrogen-bond acceptors (Lipinski definition) is 6. The molecule has 1 saturated heterocycles. The second kappa shape index (κ2) is 10.2. The predicted molar refractivity (Wildman–Crippen MR) is 113 cm³/mol. The van der Waals surface area contributed by atoms with Gasteiger partial charge in [-0.1, -0.05) is 0 Å². The SMILES string of the molecule is CC(=O)NCC1CN(c2ccc(NC=C(C(=O)O)C(=O)c3cc(F)c(F)cc3F)c(F)c2)C(=O)O1. The first kappa shape index (κ1) is 25.2. The molecular weight excluding hydrogens is 478 g/mol. The molecule has 0 radical (unpaired) electrons. The van der Waals surface area contributed by atoms with Crippen molar-refractivity contribution in [2.75, 3.05) is 23.3 Å². The first-order chi connectivity index (χ1) is 16.5. The Kier molecular flexibility index (Phi) is 7.37. The van der Waals surface area contributed by atoms with Crippen molar-refractivity contribution in [3.05, 3.63) is 70.9 Å². The molecule has 2 aromatic carbocycles. The lowest BCUT2D eigenvalue weighted by atomic mass is 10.0. The van der Waals surface area contributed by atoms with Crippen LogP contribution in [0.1, 0.15) is 17.3 Å². The number of halogens is 4. The molecule has 13 heteroatoms. The molecule has 1 fully saturated rings. The number of benzene rings is 2. The molecule has 1 aliphatic rings. The van der Waals surface area contributed by atoms with Crippen molar-refractivity contribution >= 4 is 35.1 Å². The Hall–Kier alpha value is -4.42. The van der Waals surface area contributed by atoms with Crippen LogP contribution in [0.5, 0.6) is 0 Å². The van der Waals surface area contributed by atoms with Gasteiger partial charge in [-0.15, -0.1) is 0 Å². The first-order valence-corrected chi connectivity index (χ1v) is 9.89. The number of ketones is 1. The highest BCUT2D eigenvalue weighted by molar-refractivity contribution is 6.23. The molecule has 9 nitrogen and oxygen atoms in total. The van der Waals surface area contributed by atoms with Crippen LogP contribution in [-0.2, 0) is 14.3 Å². The Morgan fingerprint density at radius 2 is 1.77 bits per heavy atom. The maximum Gasteiger partial charge on any atom is 0.414 e. The summed E-state index contributed by atoms with van der Waals surface area (Å²) in [5, 5.41) is 14.0. The van der Waals surface area contributed by atoms with Gasteiger partial charge in [0.1, 0.15) is 23.3 Å². The van der Waals surface area contributed by atoms with Crippen molar-refractivity contribution in [2.24, 2.45) is 0 Å². The van der Waals surface area contributed by atoms with E-state index in [0.717, 1.165) is 17.0 Å². The molecule has 2 aromatic rings. The number of ether oxygens (including phenoxy) is 1. The number of carboxylic acid groups (broad SMARTS) is 1. The van der Waals surface area contributed by atoms with Crippen molar-refractivity contribution in [3.63, 3.8) is 0 Å². The fourth-order valence-electron chi connectivity index (χ4n) is 3.10. The van der Waals surface area contributed by atoms with E-state index in [2.05, 4.69) is 10.6 Å². The van der Waals surface area contributed by atoms with Crippen LogP contribution in [0.2, 0.25) is 0 Å². The molecule has 35 heavy (non-hydrogen) atoms. The van der Waals surface area contributed by atoms with E-state index in [-0.39, 0.29) is 42.5 Å². The van der Waals surface area contributed by atoms with Gasteiger partial charge in [0.15, 0.2) is 11.6 Å². The van der Waals surface area contributed by atoms with Gasteiger partial charge in [-0.25, -0.2) is 27.2 Å². The third-order valence-corrected chi connectivity index (χ3v) is 4.82. The fourth-order valence-corrected chi connectivity index (χ4v) is 3.10. The Labute approximate surface area is 195 Å². The van der Waals surface area contributed by atoms with Crippen LogP contribution in [0.25, 0.3) is 0 Å². The minimum absolute atomic E-state index is 0.0304. The van der Waals surface area contributed by atoms with Crippen LogP contribution in [0.3, 0.4) is 0 Å². The second-order valence-corrected chi connectivity index (χ2v) is 7.30. The molecule has 2 amide bonds. The smallest absolute Gasteiger partial charge is 0.414 e. The lowest BCUT2D eigenvalue weighted by molar-refractivity contribution is -0.132. The Bertz CT molecular complexity index is 1250. The summed E-state index contributed by atoms with van der Waals surface area (Å²) >= 11 is 0. The molecule has 0 aliphatic carbocycles. The molecule has 3 N–H and O–H groups in total. The number of Topliss-reactive ketones (excluding diaryl/α,β-unsaturated/α-hetero) is 1. The van der Waals surface area contributed by atoms with Crippen LogP contribution in [-0.4, -0.2) is 48.1 Å². The first-order valence-electron chi connectivity index (χ1n) is 9.89. The zero-order valence-corrected chi connectivity index (χ0v) is 17.9. The zero-order chi connectivity index (χ0) is 25.9. The van der Waals surface area contributed by atoms with Gasteiger partial charge in [-0.2, -0.15) is 0 Å². The summed E-state index contributed by atoms with van der Waals surface area (Å²) in [4.78, 5) is 48.0. The van der Waals surface area contributed by atoms with Crippen molar-refractivity contribution in [2.45, 2.75) is 13.0 Å². The highest BCUT2D eigenvalue weighted by Gasteiger charge is 2.32. The van der Waals surface area contributed by atoms with Crippen molar-refractivity contribution < 1.29 is 46.6 Å². The molecule has 0 saturated carbocycles. The van der Waals surface area contributed by atoms with E-state index < -0.39 is 58.4 Å². The van der Waals surface area contributed by atoms with Gasteiger partial charge < -0.3 is 20.5 Å². The summed E-state index contributed by atoms with van der Waals surface area (Å²) in [7, 11) is 0. The van der Waals surface area contributed by atoms with Crippen molar-refractivity contribution in [1.82, 2.24) is 5.32 Å². The Morgan fingerprint density at radius 3 is 2.40 bits per heavy atom. The average molecular weight is 495 g/mol. The number of anilines is 2. The molecule has 0 bridgehead atoms. The van der Waals surface area contributed by atoms with Crippen LogP contribution in [0.15, 0.2) is 42.1 Å². The topological polar surface area (TPSA) is 125 Å². The Balaban J connectivity index is 1.78. The number of amides is 2.